The van der Waals surface area contributed by atoms with Crippen molar-refractivity contribution in [1.29, 1.82) is 0 Å². The topological polar surface area (TPSA) is 28.2 Å². The van der Waals surface area contributed by atoms with E-state index in [1.165, 1.54) is 18.5 Å². The molecule has 0 saturated heterocycles. The molecule has 1 aromatic rings. The second-order valence-corrected chi connectivity index (χ2v) is 6.83. The summed E-state index contributed by atoms with van der Waals surface area (Å²) in [5, 5.41) is 6.99. The van der Waals surface area contributed by atoms with E-state index in [1.807, 2.05) is 0 Å². The van der Waals surface area contributed by atoms with E-state index in [-0.39, 0.29) is 0 Å². The van der Waals surface area contributed by atoms with E-state index in [0.29, 0.717) is 12.0 Å². The third kappa shape index (κ3) is 4.04. The molecule has 1 aliphatic carbocycles. The Labute approximate surface area is 115 Å². The average Bonchev–Trinajstić information content (AvgIpc) is 3.02. The number of hydrogen-bond acceptors (Lipinski definition) is 4. The summed E-state index contributed by atoms with van der Waals surface area (Å²) in [5.74, 6) is 0.668. The van der Waals surface area contributed by atoms with Crippen LogP contribution in [0.2, 0.25) is 0 Å². The molecule has 1 aliphatic rings. The van der Waals surface area contributed by atoms with Gasteiger partial charge in [0.05, 0.1) is 10.7 Å². The summed E-state index contributed by atoms with van der Waals surface area (Å²) in [6.07, 6.45) is 2.72. The molecule has 4 heteroatoms. The van der Waals surface area contributed by atoms with Crippen molar-refractivity contribution in [3.05, 3.63) is 16.1 Å². The SMILES string of the molecule is Cc1nc(CN(C)C(CNC2CC2)C(C)C)cs1. The minimum atomic E-state index is 0.590. The van der Waals surface area contributed by atoms with Gasteiger partial charge in [-0.25, -0.2) is 4.98 Å². The number of aryl methyl sites for hydroxylation is 1. The van der Waals surface area contributed by atoms with Gasteiger partial charge in [-0.05, 0) is 32.7 Å². The summed E-state index contributed by atoms with van der Waals surface area (Å²) in [6.45, 7) is 8.74. The van der Waals surface area contributed by atoms with Gasteiger partial charge in [0.2, 0.25) is 0 Å². The fraction of sp³-hybridized carbons (Fsp3) is 0.786. The fourth-order valence-electron chi connectivity index (χ4n) is 2.33. The number of likely N-dealkylation sites (N-methyl/N-ethyl adjacent to an activating group) is 1. The van der Waals surface area contributed by atoms with Crippen molar-refractivity contribution in [2.75, 3.05) is 13.6 Å². The number of nitrogens with one attached hydrogen (secondary N) is 1. The lowest BCUT2D eigenvalue weighted by Crippen LogP contribution is -2.43. The van der Waals surface area contributed by atoms with Crippen LogP contribution < -0.4 is 5.32 Å². The molecule has 1 atom stereocenters. The Kier molecular flexibility index (Phi) is 4.76. The predicted molar refractivity (Wildman–Crippen MR) is 78.0 cm³/mol. The van der Waals surface area contributed by atoms with Crippen molar-refractivity contribution >= 4 is 11.3 Å². The molecule has 2 rings (SSSR count). The van der Waals surface area contributed by atoms with Crippen LogP contribution in [0.25, 0.3) is 0 Å². The molecule has 0 aliphatic heterocycles. The van der Waals surface area contributed by atoms with Gasteiger partial charge in [-0.2, -0.15) is 0 Å². The van der Waals surface area contributed by atoms with Crippen molar-refractivity contribution in [3.63, 3.8) is 0 Å². The molecule has 0 bridgehead atoms. The van der Waals surface area contributed by atoms with Crippen LogP contribution in [-0.2, 0) is 6.54 Å². The molecule has 1 fully saturated rings. The molecule has 1 N–H and O–H groups in total. The lowest BCUT2D eigenvalue weighted by Gasteiger charge is -2.31. The maximum Gasteiger partial charge on any atom is 0.0897 e. The monoisotopic (exact) mass is 267 g/mol. The smallest absolute Gasteiger partial charge is 0.0897 e. The molecular weight excluding hydrogens is 242 g/mol. The van der Waals surface area contributed by atoms with Gasteiger partial charge in [0.1, 0.15) is 0 Å². The van der Waals surface area contributed by atoms with Gasteiger partial charge in [0, 0.05) is 30.6 Å². The largest absolute Gasteiger partial charge is 0.312 e. The Morgan fingerprint density at radius 3 is 2.72 bits per heavy atom. The second-order valence-electron chi connectivity index (χ2n) is 5.77. The molecule has 3 nitrogen and oxygen atoms in total. The summed E-state index contributed by atoms with van der Waals surface area (Å²) in [5.41, 5.74) is 1.21. The summed E-state index contributed by atoms with van der Waals surface area (Å²) < 4.78 is 0. The van der Waals surface area contributed by atoms with Crippen LogP contribution in [0.5, 0.6) is 0 Å². The van der Waals surface area contributed by atoms with E-state index in [1.54, 1.807) is 11.3 Å². The highest BCUT2D eigenvalue weighted by Gasteiger charge is 2.25. The normalized spacial score (nSPS) is 17.7. The van der Waals surface area contributed by atoms with Crippen molar-refractivity contribution in [2.24, 2.45) is 5.92 Å². The van der Waals surface area contributed by atoms with Crippen LogP contribution in [0.15, 0.2) is 5.38 Å². The lowest BCUT2D eigenvalue weighted by atomic mass is 10.0. The van der Waals surface area contributed by atoms with E-state index in [4.69, 9.17) is 0 Å². The number of rotatable bonds is 7. The highest BCUT2D eigenvalue weighted by atomic mass is 32.1. The maximum absolute atomic E-state index is 4.56. The Morgan fingerprint density at radius 1 is 1.50 bits per heavy atom. The van der Waals surface area contributed by atoms with Crippen LogP contribution in [0.1, 0.15) is 37.4 Å². The molecule has 1 heterocycles. The number of hydrogen-bond donors (Lipinski definition) is 1. The van der Waals surface area contributed by atoms with Crippen molar-refractivity contribution in [2.45, 2.75) is 52.2 Å². The molecule has 0 radical (unpaired) electrons. The number of thiazole rings is 1. The predicted octanol–water partition coefficient (Wildman–Crippen LogP) is 2.66. The van der Waals surface area contributed by atoms with E-state index >= 15 is 0 Å². The quantitative estimate of drug-likeness (QED) is 0.823. The third-order valence-electron chi connectivity index (χ3n) is 3.61. The summed E-state index contributed by atoms with van der Waals surface area (Å²) >= 11 is 1.74. The first-order chi connectivity index (χ1) is 8.56. The first-order valence-electron chi connectivity index (χ1n) is 6.91. The highest BCUT2D eigenvalue weighted by molar-refractivity contribution is 7.09. The molecule has 0 aromatic carbocycles. The lowest BCUT2D eigenvalue weighted by molar-refractivity contribution is 0.177. The number of aromatic nitrogens is 1. The Morgan fingerprint density at radius 2 is 2.22 bits per heavy atom. The first kappa shape index (κ1) is 14.0. The highest BCUT2D eigenvalue weighted by Crippen LogP contribution is 2.20. The molecule has 1 unspecified atom stereocenters. The molecule has 1 saturated carbocycles. The standard InChI is InChI=1S/C14H25N3S/c1-10(2)14(7-15-12-5-6-12)17(4)8-13-9-18-11(3)16-13/h9-10,12,14-15H,5-8H2,1-4H3. The van der Waals surface area contributed by atoms with Crippen LogP contribution >= 0.6 is 11.3 Å². The molecule has 1 aromatic heterocycles. The summed E-state index contributed by atoms with van der Waals surface area (Å²) in [4.78, 5) is 7.00. The molecular formula is C14H25N3S. The zero-order valence-electron chi connectivity index (χ0n) is 11.9. The first-order valence-corrected chi connectivity index (χ1v) is 7.79. The zero-order chi connectivity index (χ0) is 13.1. The van der Waals surface area contributed by atoms with Gasteiger partial charge in [0.15, 0.2) is 0 Å². The van der Waals surface area contributed by atoms with Crippen LogP contribution in [0.4, 0.5) is 0 Å². The van der Waals surface area contributed by atoms with Gasteiger partial charge >= 0.3 is 0 Å². The van der Waals surface area contributed by atoms with Crippen molar-refractivity contribution < 1.29 is 0 Å². The summed E-state index contributed by atoms with van der Waals surface area (Å²) in [6, 6.07) is 1.38. The summed E-state index contributed by atoms with van der Waals surface area (Å²) in [7, 11) is 2.22. The molecule has 0 amide bonds. The van der Waals surface area contributed by atoms with E-state index < -0.39 is 0 Å². The zero-order valence-corrected chi connectivity index (χ0v) is 12.8. The third-order valence-corrected chi connectivity index (χ3v) is 4.43. The Balaban J connectivity index is 1.87. The molecule has 102 valence electrons. The maximum atomic E-state index is 4.56. The van der Waals surface area contributed by atoms with E-state index in [2.05, 4.69) is 48.4 Å². The van der Waals surface area contributed by atoms with Crippen molar-refractivity contribution in [1.82, 2.24) is 15.2 Å². The van der Waals surface area contributed by atoms with Gasteiger partial charge in [-0.15, -0.1) is 11.3 Å². The van der Waals surface area contributed by atoms with Gasteiger partial charge in [0.25, 0.3) is 0 Å². The number of nitrogens with zero attached hydrogens (tertiary/aromatic N) is 2. The average molecular weight is 267 g/mol. The van der Waals surface area contributed by atoms with Gasteiger partial charge < -0.3 is 5.32 Å². The minimum absolute atomic E-state index is 0.590. The van der Waals surface area contributed by atoms with Crippen LogP contribution in [-0.4, -0.2) is 35.6 Å². The Hall–Kier alpha value is -0.450. The van der Waals surface area contributed by atoms with Crippen molar-refractivity contribution in [3.8, 4) is 0 Å². The second kappa shape index (κ2) is 6.13. The van der Waals surface area contributed by atoms with Gasteiger partial charge in [-0.1, -0.05) is 13.8 Å². The Bertz CT molecular complexity index is 371. The van der Waals surface area contributed by atoms with Crippen LogP contribution in [0, 0.1) is 12.8 Å². The fourth-order valence-corrected chi connectivity index (χ4v) is 2.93. The van der Waals surface area contributed by atoms with Crippen LogP contribution in [0.3, 0.4) is 0 Å². The van der Waals surface area contributed by atoms with E-state index in [0.717, 1.165) is 24.1 Å². The molecule has 0 spiro atoms. The van der Waals surface area contributed by atoms with Gasteiger partial charge in [-0.3, -0.25) is 4.90 Å². The molecule has 18 heavy (non-hydrogen) atoms. The minimum Gasteiger partial charge on any atom is -0.312 e. The van der Waals surface area contributed by atoms with E-state index in [9.17, 15) is 0 Å².